The van der Waals surface area contributed by atoms with Crippen LogP contribution < -0.4 is 10.2 Å². The van der Waals surface area contributed by atoms with Gasteiger partial charge < -0.3 is 14.7 Å². The van der Waals surface area contributed by atoms with Gasteiger partial charge >= 0.3 is 0 Å². The van der Waals surface area contributed by atoms with Gasteiger partial charge in [0.05, 0.1) is 0 Å². The monoisotopic (exact) mass is 376 g/mol. The van der Waals surface area contributed by atoms with Crippen LogP contribution in [0.1, 0.15) is 34.5 Å². The third kappa shape index (κ3) is 4.39. The summed E-state index contributed by atoms with van der Waals surface area (Å²) in [5.74, 6) is 2.41. The second kappa shape index (κ2) is 8.25. The third-order valence-electron chi connectivity index (χ3n) is 5.18. The number of nitrogens with zero attached hydrogens (tertiary/aromatic N) is 3. The third-order valence-corrected chi connectivity index (χ3v) is 5.18. The lowest BCUT2D eigenvalue weighted by molar-refractivity contribution is 0.102. The molecule has 6 nitrogen and oxygen atoms in total. The largest absolute Gasteiger partial charge is 0.360 e. The lowest BCUT2D eigenvalue weighted by Crippen LogP contribution is -2.35. The molecule has 4 rings (SSSR count). The van der Waals surface area contributed by atoms with Crippen LogP contribution >= 0.6 is 0 Å². The van der Waals surface area contributed by atoms with E-state index in [1.165, 1.54) is 5.56 Å². The van der Waals surface area contributed by atoms with E-state index in [0.29, 0.717) is 23.1 Å². The smallest absolute Gasteiger partial charge is 0.257 e. The highest BCUT2D eigenvalue weighted by molar-refractivity contribution is 6.04. The minimum Gasteiger partial charge on any atom is -0.360 e. The summed E-state index contributed by atoms with van der Waals surface area (Å²) in [5.41, 5.74) is 1.97. The molecular formula is C22H24N4O2. The molecule has 3 heterocycles. The summed E-state index contributed by atoms with van der Waals surface area (Å²) in [6.07, 6.45) is 5.08. The van der Waals surface area contributed by atoms with Crippen molar-refractivity contribution in [2.24, 2.45) is 5.92 Å². The fourth-order valence-electron chi connectivity index (χ4n) is 3.66. The molecule has 1 N–H and O–H groups in total. The van der Waals surface area contributed by atoms with Crippen molar-refractivity contribution in [1.29, 1.82) is 0 Å². The normalized spacial score (nSPS) is 14.8. The van der Waals surface area contributed by atoms with Crippen molar-refractivity contribution in [1.82, 2.24) is 10.1 Å². The van der Waals surface area contributed by atoms with Gasteiger partial charge in [-0.05, 0) is 49.8 Å². The molecule has 144 valence electrons. The van der Waals surface area contributed by atoms with Crippen LogP contribution in [0.3, 0.4) is 0 Å². The maximum Gasteiger partial charge on any atom is 0.257 e. The van der Waals surface area contributed by atoms with Gasteiger partial charge in [-0.1, -0.05) is 35.5 Å². The van der Waals surface area contributed by atoms with Gasteiger partial charge in [-0.25, -0.2) is 4.98 Å². The van der Waals surface area contributed by atoms with Crippen molar-refractivity contribution < 1.29 is 9.32 Å². The molecule has 1 amide bonds. The summed E-state index contributed by atoms with van der Waals surface area (Å²) in [6.45, 7) is 3.70. The second-order valence-electron chi connectivity index (χ2n) is 7.30. The molecule has 1 aromatic carbocycles. The van der Waals surface area contributed by atoms with Gasteiger partial charge in [-0.2, -0.15) is 0 Å². The Labute approximate surface area is 164 Å². The predicted octanol–water partition coefficient (Wildman–Crippen LogP) is 4.09. The Balaban J connectivity index is 1.36. The van der Waals surface area contributed by atoms with E-state index in [4.69, 9.17) is 4.52 Å². The molecule has 2 aromatic heterocycles. The number of piperidine rings is 1. The molecule has 6 heteroatoms. The highest BCUT2D eigenvalue weighted by Crippen LogP contribution is 2.25. The highest BCUT2D eigenvalue weighted by atomic mass is 16.5. The number of benzene rings is 1. The number of rotatable bonds is 5. The van der Waals surface area contributed by atoms with E-state index in [1.54, 1.807) is 25.3 Å². The van der Waals surface area contributed by atoms with Crippen LogP contribution in [0, 0.1) is 12.8 Å². The van der Waals surface area contributed by atoms with Crippen LogP contribution in [-0.4, -0.2) is 29.1 Å². The average Bonchev–Trinajstić information content (AvgIpc) is 3.14. The van der Waals surface area contributed by atoms with Crippen molar-refractivity contribution in [2.75, 3.05) is 23.3 Å². The van der Waals surface area contributed by atoms with Crippen molar-refractivity contribution in [3.05, 3.63) is 71.6 Å². The number of carbonyl (C=O) groups excluding carboxylic acids is 1. The topological polar surface area (TPSA) is 71.3 Å². The van der Waals surface area contributed by atoms with Crippen molar-refractivity contribution in [2.45, 2.75) is 26.2 Å². The fourth-order valence-corrected chi connectivity index (χ4v) is 3.66. The molecule has 0 bridgehead atoms. The number of hydrogen-bond donors (Lipinski definition) is 1. The lowest BCUT2D eigenvalue weighted by Gasteiger charge is -2.33. The summed E-state index contributed by atoms with van der Waals surface area (Å²) in [4.78, 5) is 19.2. The number of amides is 1. The molecule has 1 aliphatic rings. The number of carbonyl (C=O) groups is 1. The van der Waals surface area contributed by atoms with Gasteiger partial charge in [-0.15, -0.1) is 0 Å². The van der Waals surface area contributed by atoms with Crippen molar-refractivity contribution in [3.63, 3.8) is 0 Å². The zero-order valence-electron chi connectivity index (χ0n) is 16.0. The molecule has 1 saturated heterocycles. The Bertz CT molecular complexity index is 930. The SMILES string of the molecule is Cc1cc(NC(=O)c2ccnc(N3CCC(Cc4ccccc4)CC3)c2)no1. The van der Waals surface area contributed by atoms with Crippen LogP contribution in [0.25, 0.3) is 0 Å². The first kappa shape index (κ1) is 18.2. The number of hydrogen-bond acceptors (Lipinski definition) is 5. The maximum atomic E-state index is 12.5. The highest BCUT2D eigenvalue weighted by Gasteiger charge is 2.21. The van der Waals surface area contributed by atoms with E-state index in [1.807, 2.05) is 6.07 Å². The number of pyridine rings is 1. The fraction of sp³-hybridized carbons (Fsp3) is 0.318. The molecule has 1 fully saturated rings. The van der Waals surface area contributed by atoms with Gasteiger partial charge in [-0.3, -0.25) is 4.79 Å². The molecule has 0 radical (unpaired) electrons. The molecule has 1 aliphatic heterocycles. The Morgan fingerprint density at radius 3 is 2.68 bits per heavy atom. The summed E-state index contributed by atoms with van der Waals surface area (Å²) in [5, 5.41) is 6.56. The van der Waals surface area contributed by atoms with E-state index in [-0.39, 0.29) is 5.91 Å². The first-order valence-electron chi connectivity index (χ1n) is 9.67. The predicted molar refractivity (Wildman–Crippen MR) is 109 cm³/mol. The Morgan fingerprint density at radius 2 is 1.96 bits per heavy atom. The Hall–Kier alpha value is -3.15. The number of aryl methyl sites for hydroxylation is 1. The zero-order valence-corrected chi connectivity index (χ0v) is 16.0. The molecule has 0 spiro atoms. The van der Waals surface area contributed by atoms with E-state index in [9.17, 15) is 4.79 Å². The molecule has 3 aromatic rings. The Kier molecular flexibility index (Phi) is 5.37. The second-order valence-corrected chi connectivity index (χ2v) is 7.30. The van der Waals surface area contributed by atoms with Crippen LogP contribution in [0.5, 0.6) is 0 Å². The summed E-state index contributed by atoms with van der Waals surface area (Å²) in [6, 6.07) is 15.9. The molecule has 28 heavy (non-hydrogen) atoms. The van der Waals surface area contributed by atoms with E-state index < -0.39 is 0 Å². The van der Waals surface area contributed by atoms with Crippen molar-refractivity contribution >= 4 is 17.5 Å². The molecule has 0 aliphatic carbocycles. The van der Waals surface area contributed by atoms with Crippen LogP contribution in [0.4, 0.5) is 11.6 Å². The summed E-state index contributed by atoms with van der Waals surface area (Å²) < 4.78 is 4.99. The minimum atomic E-state index is -0.212. The van der Waals surface area contributed by atoms with Gasteiger partial charge in [0.2, 0.25) is 0 Å². The van der Waals surface area contributed by atoms with Crippen LogP contribution in [0.2, 0.25) is 0 Å². The minimum absolute atomic E-state index is 0.212. The van der Waals surface area contributed by atoms with Crippen LogP contribution in [-0.2, 0) is 6.42 Å². The van der Waals surface area contributed by atoms with E-state index >= 15 is 0 Å². The first-order chi connectivity index (χ1) is 13.7. The number of nitrogens with one attached hydrogen (secondary N) is 1. The molecular weight excluding hydrogens is 352 g/mol. The standard InChI is InChI=1S/C22H24N4O2/c1-16-13-20(25-28-16)24-22(27)19-7-10-23-21(15-19)26-11-8-18(9-12-26)14-17-5-3-2-4-6-17/h2-7,10,13,15,18H,8-9,11-12,14H2,1H3,(H,24,25,27). The lowest BCUT2D eigenvalue weighted by atomic mass is 9.90. The van der Waals surface area contributed by atoms with E-state index in [0.717, 1.165) is 38.2 Å². The maximum absolute atomic E-state index is 12.5. The number of aromatic nitrogens is 2. The quantitative estimate of drug-likeness (QED) is 0.726. The zero-order chi connectivity index (χ0) is 19.3. The van der Waals surface area contributed by atoms with Gasteiger partial charge in [0.15, 0.2) is 5.82 Å². The summed E-state index contributed by atoms with van der Waals surface area (Å²) >= 11 is 0. The van der Waals surface area contributed by atoms with Crippen molar-refractivity contribution in [3.8, 4) is 0 Å². The Morgan fingerprint density at radius 1 is 1.18 bits per heavy atom. The molecule has 0 saturated carbocycles. The van der Waals surface area contributed by atoms with E-state index in [2.05, 4.69) is 50.7 Å². The molecule has 0 unspecified atom stereocenters. The first-order valence-corrected chi connectivity index (χ1v) is 9.67. The van der Waals surface area contributed by atoms with Gasteiger partial charge in [0.1, 0.15) is 11.6 Å². The molecule has 0 atom stereocenters. The summed E-state index contributed by atoms with van der Waals surface area (Å²) in [7, 11) is 0. The number of anilines is 2. The average molecular weight is 376 g/mol. The van der Waals surface area contributed by atoms with Gasteiger partial charge in [0, 0.05) is 30.9 Å². The van der Waals surface area contributed by atoms with Crippen LogP contribution in [0.15, 0.2) is 59.3 Å². The van der Waals surface area contributed by atoms with Gasteiger partial charge in [0.25, 0.3) is 5.91 Å².